The lowest BCUT2D eigenvalue weighted by atomic mass is 10.3. The van der Waals surface area contributed by atoms with Crippen molar-refractivity contribution in [1.29, 1.82) is 0 Å². The van der Waals surface area contributed by atoms with Crippen molar-refractivity contribution < 1.29 is 9.84 Å². The monoisotopic (exact) mass is 182 g/mol. The number of ether oxygens (including phenoxy) is 1. The van der Waals surface area contributed by atoms with Crippen molar-refractivity contribution in [3.8, 4) is 5.88 Å². The maximum Gasteiger partial charge on any atom is 0.214 e. The van der Waals surface area contributed by atoms with Gasteiger partial charge < -0.3 is 15.2 Å². The molecule has 0 saturated heterocycles. The summed E-state index contributed by atoms with van der Waals surface area (Å²) in [6.45, 7) is 2.25. The first kappa shape index (κ1) is 9.80. The van der Waals surface area contributed by atoms with E-state index in [9.17, 15) is 0 Å². The molecule has 4 heteroatoms. The molecule has 0 aliphatic heterocycles. The second-order valence-corrected chi connectivity index (χ2v) is 2.82. The largest absolute Gasteiger partial charge is 0.481 e. The molecule has 1 atom stereocenters. The maximum atomic E-state index is 9.03. The summed E-state index contributed by atoms with van der Waals surface area (Å²) in [7, 11) is 1.57. The fraction of sp³-hybridized carbons (Fsp3) is 0.444. The normalized spacial score (nSPS) is 12.2. The van der Waals surface area contributed by atoms with Gasteiger partial charge in [0.2, 0.25) is 5.88 Å². The van der Waals surface area contributed by atoms with Gasteiger partial charge in [-0.05, 0) is 13.0 Å². The second kappa shape index (κ2) is 4.67. The Bertz CT molecular complexity index is 264. The smallest absolute Gasteiger partial charge is 0.214 e. The predicted molar refractivity (Wildman–Crippen MR) is 51.0 cm³/mol. The van der Waals surface area contributed by atoms with Crippen LogP contribution >= 0.6 is 0 Å². The van der Waals surface area contributed by atoms with Gasteiger partial charge in [-0.3, -0.25) is 0 Å². The predicted octanol–water partition coefficient (Wildman–Crippen LogP) is 0.883. The van der Waals surface area contributed by atoms with Crippen LogP contribution in [0, 0.1) is 0 Å². The van der Waals surface area contributed by atoms with Crippen LogP contribution in [0.3, 0.4) is 0 Å². The first-order chi connectivity index (χ1) is 6.22. The fourth-order valence-corrected chi connectivity index (χ4v) is 0.897. The number of aliphatic hydroxyl groups excluding tert-OH is 1. The minimum Gasteiger partial charge on any atom is -0.481 e. The van der Waals surface area contributed by atoms with E-state index in [4.69, 9.17) is 9.84 Å². The molecule has 4 nitrogen and oxygen atoms in total. The minimum atomic E-state index is -0.362. The lowest BCUT2D eigenvalue weighted by Gasteiger charge is -2.08. The Kier molecular flexibility index (Phi) is 3.52. The van der Waals surface area contributed by atoms with Crippen molar-refractivity contribution in [1.82, 2.24) is 4.98 Å². The molecular formula is C9H14N2O2. The number of hydrogen-bond acceptors (Lipinski definition) is 4. The lowest BCUT2D eigenvalue weighted by molar-refractivity contribution is 0.208. The number of anilines is 1. The van der Waals surface area contributed by atoms with Crippen molar-refractivity contribution >= 4 is 5.69 Å². The SMILES string of the molecule is COc1cc(NCC(C)O)ccn1. The number of pyridine rings is 1. The van der Waals surface area contributed by atoms with E-state index in [-0.39, 0.29) is 6.10 Å². The molecule has 1 aromatic rings. The van der Waals surface area contributed by atoms with Gasteiger partial charge in [0, 0.05) is 24.5 Å². The highest BCUT2D eigenvalue weighted by atomic mass is 16.5. The van der Waals surface area contributed by atoms with Gasteiger partial charge in [0.1, 0.15) is 0 Å². The molecule has 72 valence electrons. The highest BCUT2D eigenvalue weighted by Crippen LogP contribution is 2.12. The van der Waals surface area contributed by atoms with Gasteiger partial charge in [-0.1, -0.05) is 0 Å². The summed E-state index contributed by atoms with van der Waals surface area (Å²) < 4.78 is 4.95. The third-order valence-corrected chi connectivity index (χ3v) is 1.55. The Morgan fingerprint density at radius 2 is 2.46 bits per heavy atom. The zero-order chi connectivity index (χ0) is 9.68. The highest BCUT2D eigenvalue weighted by molar-refractivity contribution is 5.44. The summed E-state index contributed by atoms with van der Waals surface area (Å²) in [5.41, 5.74) is 0.896. The molecule has 1 aromatic heterocycles. The van der Waals surface area contributed by atoms with Crippen LogP contribution in [0.1, 0.15) is 6.92 Å². The Balaban J connectivity index is 2.56. The van der Waals surface area contributed by atoms with Crippen molar-refractivity contribution in [2.24, 2.45) is 0 Å². The Labute approximate surface area is 77.6 Å². The van der Waals surface area contributed by atoms with E-state index in [1.165, 1.54) is 0 Å². The Hall–Kier alpha value is -1.29. The van der Waals surface area contributed by atoms with E-state index in [1.807, 2.05) is 6.07 Å². The summed E-state index contributed by atoms with van der Waals surface area (Å²) >= 11 is 0. The van der Waals surface area contributed by atoms with E-state index in [0.717, 1.165) is 5.69 Å². The van der Waals surface area contributed by atoms with Gasteiger partial charge in [-0.15, -0.1) is 0 Å². The van der Waals surface area contributed by atoms with Crippen LogP contribution in [-0.4, -0.2) is 29.8 Å². The van der Waals surface area contributed by atoms with Crippen molar-refractivity contribution in [2.75, 3.05) is 19.0 Å². The molecule has 0 spiro atoms. The Morgan fingerprint density at radius 1 is 1.69 bits per heavy atom. The van der Waals surface area contributed by atoms with E-state index < -0.39 is 0 Å². The molecule has 0 amide bonds. The van der Waals surface area contributed by atoms with Gasteiger partial charge in [-0.2, -0.15) is 0 Å². The fourth-order valence-electron chi connectivity index (χ4n) is 0.897. The molecule has 1 rings (SSSR count). The summed E-state index contributed by atoms with van der Waals surface area (Å²) in [5.74, 6) is 0.565. The topological polar surface area (TPSA) is 54.4 Å². The second-order valence-electron chi connectivity index (χ2n) is 2.82. The van der Waals surface area contributed by atoms with Gasteiger partial charge in [-0.25, -0.2) is 4.98 Å². The lowest BCUT2D eigenvalue weighted by Crippen LogP contribution is -2.15. The first-order valence-corrected chi connectivity index (χ1v) is 4.14. The van der Waals surface area contributed by atoms with Crippen LogP contribution < -0.4 is 10.1 Å². The molecular weight excluding hydrogens is 168 g/mol. The van der Waals surface area contributed by atoms with Gasteiger partial charge in [0.05, 0.1) is 13.2 Å². The van der Waals surface area contributed by atoms with Gasteiger partial charge in [0.15, 0.2) is 0 Å². The molecule has 0 radical (unpaired) electrons. The number of rotatable bonds is 4. The maximum absolute atomic E-state index is 9.03. The number of hydrogen-bond donors (Lipinski definition) is 2. The molecule has 0 saturated carbocycles. The van der Waals surface area contributed by atoms with Gasteiger partial charge >= 0.3 is 0 Å². The number of aromatic nitrogens is 1. The van der Waals surface area contributed by atoms with Crippen molar-refractivity contribution in [3.63, 3.8) is 0 Å². The number of methoxy groups -OCH3 is 1. The summed E-state index contributed by atoms with van der Waals surface area (Å²) in [6.07, 6.45) is 1.29. The first-order valence-electron chi connectivity index (χ1n) is 4.14. The van der Waals surface area contributed by atoms with Crippen LogP contribution in [0.4, 0.5) is 5.69 Å². The van der Waals surface area contributed by atoms with Crippen molar-refractivity contribution in [3.05, 3.63) is 18.3 Å². The quantitative estimate of drug-likeness (QED) is 0.726. The van der Waals surface area contributed by atoms with E-state index in [0.29, 0.717) is 12.4 Å². The summed E-state index contributed by atoms with van der Waals surface area (Å²) in [4.78, 5) is 3.96. The number of nitrogens with one attached hydrogen (secondary N) is 1. The average Bonchev–Trinajstić information content (AvgIpc) is 2.15. The van der Waals surface area contributed by atoms with Crippen LogP contribution in [0.25, 0.3) is 0 Å². The van der Waals surface area contributed by atoms with Gasteiger partial charge in [0.25, 0.3) is 0 Å². The van der Waals surface area contributed by atoms with E-state index in [2.05, 4.69) is 10.3 Å². The van der Waals surface area contributed by atoms with E-state index in [1.54, 1.807) is 26.3 Å². The molecule has 13 heavy (non-hydrogen) atoms. The molecule has 0 aliphatic carbocycles. The van der Waals surface area contributed by atoms with Crippen LogP contribution in [0.15, 0.2) is 18.3 Å². The number of aliphatic hydroxyl groups is 1. The summed E-state index contributed by atoms with van der Waals surface area (Å²) in [5, 5.41) is 12.1. The average molecular weight is 182 g/mol. The van der Waals surface area contributed by atoms with Crippen LogP contribution in [-0.2, 0) is 0 Å². The molecule has 2 N–H and O–H groups in total. The number of nitrogens with zero attached hydrogens (tertiary/aromatic N) is 1. The standard InChI is InChI=1S/C9H14N2O2/c1-7(12)6-11-8-3-4-10-9(5-8)13-2/h3-5,7,12H,6H2,1-2H3,(H,10,11). The molecule has 0 aliphatic rings. The van der Waals surface area contributed by atoms with E-state index >= 15 is 0 Å². The van der Waals surface area contributed by atoms with Crippen LogP contribution in [0.2, 0.25) is 0 Å². The molecule has 0 aromatic carbocycles. The zero-order valence-electron chi connectivity index (χ0n) is 7.82. The molecule has 1 heterocycles. The molecule has 0 bridgehead atoms. The van der Waals surface area contributed by atoms with Crippen LogP contribution in [0.5, 0.6) is 5.88 Å². The minimum absolute atomic E-state index is 0.362. The molecule has 1 unspecified atom stereocenters. The zero-order valence-corrected chi connectivity index (χ0v) is 7.82. The Morgan fingerprint density at radius 3 is 3.08 bits per heavy atom. The third-order valence-electron chi connectivity index (χ3n) is 1.55. The van der Waals surface area contributed by atoms with Crippen molar-refractivity contribution in [2.45, 2.75) is 13.0 Å². The third kappa shape index (κ3) is 3.29. The highest BCUT2D eigenvalue weighted by Gasteiger charge is 1.97. The summed E-state index contributed by atoms with van der Waals surface area (Å²) in [6, 6.07) is 3.60. The molecule has 0 fully saturated rings.